The summed E-state index contributed by atoms with van der Waals surface area (Å²) in [5.41, 5.74) is 10.7. The highest BCUT2D eigenvalue weighted by Gasteiger charge is 2.19. The van der Waals surface area contributed by atoms with Gasteiger partial charge < -0.3 is 25.6 Å². The molecule has 18 nitrogen and oxygen atoms in total. The Morgan fingerprint density at radius 3 is 1.93 bits per heavy atom. The summed E-state index contributed by atoms with van der Waals surface area (Å²) in [5.74, 6) is -0.0739. The number of nitrogens with two attached hydrogens (primary N) is 1. The molecule has 20 heteroatoms. The lowest BCUT2D eigenvalue weighted by atomic mass is 10.1. The maximum absolute atomic E-state index is 12.8. The molecule has 0 heterocycles. The van der Waals surface area contributed by atoms with Crippen molar-refractivity contribution in [2.45, 2.75) is 30.6 Å². The number of nitrogens with zero attached hydrogens (tertiary/aromatic N) is 6. The van der Waals surface area contributed by atoms with Crippen molar-refractivity contribution in [3.05, 3.63) is 113 Å². The first-order valence-electron chi connectivity index (χ1n) is 17.5. The van der Waals surface area contributed by atoms with Crippen molar-refractivity contribution in [3.63, 3.8) is 0 Å². The molecular formula is C40H36N8O10S2. The number of phenolic OH excluding ortho intramolecular Hbond substituents is 1. The first kappa shape index (κ1) is 42.8. The number of carbonyl (C=O) groups excluding carboxylic acids is 1. The number of anilines is 2. The van der Waals surface area contributed by atoms with Crippen molar-refractivity contribution in [2.24, 2.45) is 30.7 Å². The van der Waals surface area contributed by atoms with Gasteiger partial charge in [0.2, 0.25) is 0 Å². The Morgan fingerprint density at radius 2 is 1.32 bits per heavy atom. The summed E-state index contributed by atoms with van der Waals surface area (Å²) in [4.78, 5) is 12.6. The molecule has 0 aliphatic heterocycles. The van der Waals surface area contributed by atoms with Gasteiger partial charge in [-0.3, -0.25) is 9.35 Å². The molecule has 60 heavy (non-hydrogen) atoms. The van der Waals surface area contributed by atoms with E-state index in [1.165, 1.54) is 26.4 Å². The van der Waals surface area contributed by atoms with Gasteiger partial charge in [-0.2, -0.15) is 23.8 Å². The normalized spacial score (nSPS) is 11.9. The monoisotopic (exact) mass is 852 g/mol. The van der Waals surface area contributed by atoms with Crippen molar-refractivity contribution in [1.82, 2.24) is 0 Å². The Hall–Kier alpha value is -6.81. The van der Waals surface area contributed by atoms with E-state index in [2.05, 4.69) is 45.4 Å². The van der Waals surface area contributed by atoms with Crippen molar-refractivity contribution >= 4 is 84.3 Å². The summed E-state index contributed by atoms with van der Waals surface area (Å²) < 4.78 is 48.9. The Bertz CT molecular complexity index is 2820. The van der Waals surface area contributed by atoms with E-state index in [0.29, 0.717) is 84.9 Å². The van der Waals surface area contributed by atoms with Crippen LogP contribution in [-0.4, -0.2) is 43.5 Å². The lowest BCUT2D eigenvalue weighted by molar-refractivity contribution is -0.432. The summed E-state index contributed by atoms with van der Waals surface area (Å²) in [5, 5.41) is 53.6. The lowest BCUT2D eigenvalue weighted by Crippen LogP contribution is -2.11. The molecule has 6 N–H and O–H groups in total. The number of hydrogen-bond acceptors (Lipinski definition) is 17. The minimum absolute atomic E-state index is 0.0253. The minimum Gasteiger partial charge on any atom is -0.505 e. The van der Waals surface area contributed by atoms with Crippen molar-refractivity contribution in [1.29, 1.82) is 0 Å². The highest BCUT2D eigenvalue weighted by atomic mass is 32.2. The number of nitrogens with one attached hydrogen (secondary N) is 1. The molecule has 0 fully saturated rings. The molecule has 0 aliphatic rings. The summed E-state index contributed by atoms with van der Waals surface area (Å²) in [6.07, 6.45) is 0. The van der Waals surface area contributed by atoms with Gasteiger partial charge >= 0.3 is 0 Å². The Morgan fingerprint density at radius 1 is 0.717 bits per heavy atom. The third-order valence-corrected chi connectivity index (χ3v) is 10.4. The van der Waals surface area contributed by atoms with E-state index >= 15 is 0 Å². The number of nitrogen functional groups attached to an aromatic ring is 1. The third-order valence-electron chi connectivity index (χ3n) is 8.88. The molecule has 0 aliphatic carbocycles. The van der Waals surface area contributed by atoms with Crippen LogP contribution in [0.25, 0.3) is 10.8 Å². The number of azo groups is 3. The molecule has 0 saturated carbocycles. The third kappa shape index (κ3) is 9.89. The van der Waals surface area contributed by atoms with E-state index in [1.807, 2.05) is 6.92 Å². The van der Waals surface area contributed by atoms with Crippen molar-refractivity contribution in [3.8, 4) is 17.2 Å². The van der Waals surface area contributed by atoms with Gasteiger partial charge in [-0.25, -0.2) is 5.26 Å². The summed E-state index contributed by atoms with van der Waals surface area (Å²) in [6.45, 7) is 5.36. The Labute approximate surface area is 347 Å². The SMILES string of the molecule is COc1ccc(N=Nc2cc(OC)c(N=Nc3cc(C)c(N=Nc4c(SOOO)cc5cc(NC(=O)c6ccc(N)cc6)ccc5c4O)cc3C)cc2C)c(S(=O)(=O)O)c1. The molecule has 1 amide bonds. The molecule has 0 saturated heterocycles. The van der Waals surface area contributed by atoms with Crippen molar-refractivity contribution in [2.75, 3.05) is 25.3 Å². The quantitative estimate of drug-likeness (QED) is 0.0171. The van der Waals surface area contributed by atoms with E-state index in [0.717, 1.165) is 6.07 Å². The highest BCUT2D eigenvalue weighted by molar-refractivity contribution is 7.94. The number of ether oxygens (including phenoxy) is 2. The summed E-state index contributed by atoms with van der Waals surface area (Å²) in [6, 6.07) is 23.7. The lowest BCUT2D eigenvalue weighted by Gasteiger charge is -2.11. The predicted molar refractivity (Wildman–Crippen MR) is 224 cm³/mol. The van der Waals surface area contributed by atoms with Crippen LogP contribution in [0.2, 0.25) is 0 Å². The van der Waals surface area contributed by atoms with Gasteiger partial charge in [0.1, 0.15) is 33.5 Å². The number of methoxy groups -OCH3 is 2. The largest absolute Gasteiger partial charge is 0.505 e. The van der Waals surface area contributed by atoms with Gasteiger partial charge in [0.05, 0.1) is 48.2 Å². The van der Waals surface area contributed by atoms with E-state index in [1.54, 1.807) is 86.6 Å². The number of rotatable bonds is 14. The standard InChI is InChI=1S/C40H36N8O10S2/c1-21-15-32(46-48-38-36(59-58-57-51)18-25-17-27(10-12-29(25)39(38)49)42-40(50)24-6-8-26(41)9-7-24)22(2)14-31(21)44-47-34-16-23(3)33(20-35(34)56-5)45-43-30-13-11-28(55-4)19-37(30)60(52,53)54/h6-20,49,51H,41H2,1-5H3,(H,42,50)(H,52,53,54). The minimum atomic E-state index is -4.62. The molecule has 0 unspecified atom stereocenters. The van der Waals surface area contributed by atoms with E-state index < -0.39 is 15.0 Å². The van der Waals surface area contributed by atoms with E-state index in [4.69, 9.17) is 20.5 Å². The van der Waals surface area contributed by atoms with Gasteiger partial charge in [0, 0.05) is 34.5 Å². The molecule has 0 spiro atoms. The molecule has 6 aromatic rings. The van der Waals surface area contributed by atoms with Crippen LogP contribution >= 0.6 is 12.0 Å². The highest BCUT2D eigenvalue weighted by Crippen LogP contribution is 2.45. The second-order valence-corrected chi connectivity index (χ2v) is 15.1. The zero-order chi connectivity index (χ0) is 43.1. The van der Waals surface area contributed by atoms with Crippen LogP contribution in [0.15, 0.2) is 131 Å². The van der Waals surface area contributed by atoms with Crippen LogP contribution in [0.3, 0.4) is 0 Å². The fraction of sp³-hybridized carbons (Fsp3) is 0.125. The number of fused-ring (bicyclic) bond motifs is 1. The van der Waals surface area contributed by atoms with Gasteiger partial charge in [-0.1, -0.05) is 5.04 Å². The molecule has 0 bridgehead atoms. The number of aryl methyl sites for hydroxylation is 3. The molecule has 0 radical (unpaired) electrons. The molecule has 0 atom stereocenters. The Balaban J connectivity index is 1.24. The van der Waals surface area contributed by atoms with Crippen LogP contribution in [0, 0.1) is 20.8 Å². The smallest absolute Gasteiger partial charge is 0.296 e. The van der Waals surface area contributed by atoms with E-state index in [9.17, 15) is 22.9 Å². The molecule has 308 valence electrons. The van der Waals surface area contributed by atoms with E-state index in [-0.39, 0.29) is 33.7 Å². The number of benzene rings is 6. The number of hydrogen-bond donors (Lipinski definition) is 5. The Kier molecular flexibility index (Phi) is 13.1. The first-order chi connectivity index (χ1) is 28.7. The van der Waals surface area contributed by atoms with Crippen LogP contribution in [0.4, 0.5) is 45.5 Å². The molecule has 0 aromatic heterocycles. The zero-order valence-electron chi connectivity index (χ0n) is 32.4. The second kappa shape index (κ2) is 18.4. The van der Waals surface area contributed by atoms with Crippen molar-refractivity contribution < 1.29 is 47.0 Å². The van der Waals surface area contributed by atoms with Crippen LogP contribution in [0.5, 0.6) is 17.2 Å². The number of aromatic hydroxyl groups is 1. The number of phenols is 1. The average molecular weight is 853 g/mol. The average Bonchev–Trinajstić information content (AvgIpc) is 3.22. The topological polar surface area (TPSA) is 261 Å². The predicted octanol–water partition coefficient (Wildman–Crippen LogP) is 11.2. The first-order valence-corrected chi connectivity index (χ1v) is 19.7. The fourth-order valence-corrected chi connectivity index (χ4v) is 6.86. The van der Waals surface area contributed by atoms with Crippen LogP contribution < -0.4 is 20.5 Å². The maximum Gasteiger partial charge on any atom is 0.296 e. The maximum atomic E-state index is 12.8. The molecule has 6 aromatic carbocycles. The second-order valence-electron chi connectivity index (χ2n) is 13.0. The number of amides is 1. The summed E-state index contributed by atoms with van der Waals surface area (Å²) >= 11 is 0.583. The number of carbonyl (C=O) groups is 1. The van der Waals surface area contributed by atoms with Crippen LogP contribution in [0.1, 0.15) is 27.0 Å². The van der Waals surface area contributed by atoms with Gasteiger partial charge in [0.15, 0.2) is 5.75 Å². The van der Waals surface area contributed by atoms with Gasteiger partial charge in [0.25, 0.3) is 16.0 Å². The fourth-order valence-electron chi connectivity index (χ4n) is 5.72. The van der Waals surface area contributed by atoms with Crippen LogP contribution in [-0.2, 0) is 19.5 Å². The zero-order valence-corrected chi connectivity index (χ0v) is 34.1. The molecule has 6 rings (SSSR count). The van der Waals surface area contributed by atoms with Gasteiger partial charge in [-0.15, -0.1) is 19.7 Å². The van der Waals surface area contributed by atoms with Gasteiger partial charge in [-0.05, 0) is 122 Å². The molecular weight excluding hydrogens is 817 g/mol. The summed E-state index contributed by atoms with van der Waals surface area (Å²) in [7, 11) is -1.81.